The monoisotopic (exact) mass is 1290 g/mol. The molecular formula is C73H122F2O12S2. The third-order valence-electron chi connectivity index (χ3n) is 14.8. The van der Waals surface area contributed by atoms with Crippen LogP contribution >= 0.6 is 0 Å². The summed E-state index contributed by atoms with van der Waals surface area (Å²) in [5.74, 6) is 2.45. The summed E-state index contributed by atoms with van der Waals surface area (Å²) < 4.78 is 75.7. The maximum atomic E-state index is 12.7. The van der Waals surface area contributed by atoms with Gasteiger partial charge >= 0.3 is 23.2 Å². The number of fused-ring (bicyclic) bond motifs is 2. The molecule has 2 N–H and O–H groups in total. The molecule has 0 saturated carbocycles. The van der Waals surface area contributed by atoms with E-state index in [1.807, 2.05) is 45.0 Å². The highest BCUT2D eigenvalue weighted by Gasteiger charge is 2.48. The van der Waals surface area contributed by atoms with E-state index in [0.29, 0.717) is 40.7 Å². The summed E-state index contributed by atoms with van der Waals surface area (Å²) in [6, 6.07) is 34.7. The first kappa shape index (κ1) is 94.4. The minimum absolute atomic E-state index is 0. The van der Waals surface area contributed by atoms with Crippen molar-refractivity contribution in [3.8, 4) is 17.2 Å². The molecule has 0 aromatic heterocycles. The Bertz CT molecular complexity index is 2750. The van der Waals surface area contributed by atoms with Gasteiger partial charge in [-0.05, 0) is 174 Å². The van der Waals surface area contributed by atoms with Crippen molar-refractivity contribution in [1.82, 2.24) is 0 Å². The Balaban J connectivity index is -0.000000241. The largest absolute Gasteiger partial charge is 0.743 e. The summed E-state index contributed by atoms with van der Waals surface area (Å²) in [6.45, 7) is 21.2. The fourth-order valence-electron chi connectivity index (χ4n) is 8.23. The lowest BCUT2D eigenvalue weighted by Gasteiger charge is -2.21. The number of alkyl halides is 2. The average molecular weight is 1290 g/mol. The van der Waals surface area contributed by atoms with Crippen LogP contribution in [0.5, 0.6) is 17.2 Å². The number of phenols is 2. The molecule has 5 aromatic carbocycles. The highest BCUT2D eigenvalue weighted by atomic mass is 32.2. The third-order valence-corrected chi connectivity index (χ3v) is 18.1. The molecule has 1 saturated heterocycles. The molecule has 1 fully saturated rings. The average Bonchev–Trinajstić information content (AvgIpc) is 4.10. The summed E-state index contributed by atoms with van der Waals surface area (Å²) in [7, 11) is -5.68. The van der Waals surface area contributed by atoms with E-state index in [-0.39, 0.29) is 77.4 Å². The molecule has 5 aromatic rings. The van der Waals surface area contributed by atoms with Crippen molar-refractivity contribution in [1.29, 1.82) is 0 Å². The van der Waals surface area contributed by atoms with E-state index in [0.717, 1.165) is 50.0 Å². The third kappa shape index (κ3) is 30.8. The van der Waals surface area contributed by atoms with Gasteiger partial charge in [-0.25, -0.2) is 13.2 Å². The SMILES string of the molecule is C.C.C.C.C.C.C.C.CCC(C)(C)C(=O)OCCOC(=O)C(F)(F)S(=O)(=O)[O-].CCC(C)C(=O)OC(C)c1ccc2c(c1)CCCC2.CCC(C)c1ccc(O)cc1.CCC(C)c1ccc(O)cc1.CCCCOc1ccc([S+]2CCCC2)c2ccccc12. The van der Waals surface area contributed by atoms with Crippen molar-refractivity contribution < 1.29 is 65.3 Å². The van der Waals surface area contributed by atoms with Gasteiger partial charge in [-0.3, -0.25) is 9.59 Å². The molecule has 4 atom stereocenters. The van der Waals surface area contributed by atoms with E-state index < -0.39 is 45.9 Å². The molecule has 2 aliphatic rings. The Labute approximate surface area is 543 Å². The van der Waals surface area contributed by atoms with Gasteiger partial charge in [-0.2, -0.15) is 8.78 Å². The maximum absolute atomic E-state index is 12.7. The number of aryl methyl sites for hydroxylation is 2. The van der Waals surface area contributed by atoms with Gasteiger partial charge in [0.25, 0.3) is 0 Å². The Hall–Kier alpha value is -5.71. The molecule has 1 aliphatic heterocycles. The van der Waals surface area contributed by atoms with E-state index >= 15 is 0 Å². The molecule has 512 valence electrons. The fraction of sp³-hybridized carbons (Fsp3) is 0.575. The molecule has 16 heteroatoms. The van der Waals surface area contributed by atoms with Crippen LogP contribution in [0.4, 0.5) is 8.78 Å². The molecule has 12 nitrogen and oxygen atoms in total. The van der Waals surface area contributed by atoms with Crippen molar-refractivity contribution in [3.05, 3.63) is 131 Å². The van der Waals surface area contributed by atoms with Gasteiger partial charge in [0, 0.05) is 21.7 Å². The number of phenolic OH excluding ortho intramolecular Hbond substituents is 2. The van der Waals surface area contributed by atoms with Gasteiger partial charge < -0.3 is 33.7 Å². The first-order chi connectivity index (χ1) is 38.3. The minimum atomic E-state index is -6.15. The van der Waals surface area contributed by atoms with Crippen LogP contribution in [-0.4, -0.2) is 77.7 Å². The zero-order valence-corrected chi connectivity index (χ0v) is 51.3. The standard InChI is InChI=1S/C18H23OS.C17H24O2.C10H16F2O7S.2C10H14O.8CH4/c1-2-3-12-19-17-10-11-18(20-13-6-7-14-20)16-9-5-4-8-15(16)17;1-4-12(2)17(18)19-13(3)15-10-9-14-7-5-6-8-16(14)11-15;1-4-9(2,3)7(13)18-5-6-19-8(14)10(11,12)20(15,16)17;2*1-3-8(2)9-4-6-10(11)7-5-9;;;;;;;;/h4-5,8-11H,2-3,6-7,12-14H2,1H3;9-13H,4-8H2,1-3H3;4-6H2,1-3H3,(H,15,16,17);2*4-8,11H,3H2,1-2H3;8*1H4/q+1;;;;;;;;;;;;/p-1. The van der Waals surface area contributed by atoms with Crippen LogP contribution in [0.3, 0.4) is 0 Å². The van der Waals surface area contributed by atoms with Crippen molar-refractivity contribution in [2.45, 2.75) is 241 Å². The predicted molar refractivity (Wildman–Crippen MR) is 374 cm³/mol. The molecule has 1 aliphatic carbocycles. The molecular weight excluding hydrogens is 1170 g/mol. The van der Waals surface area contributed by atoms with Gasteiger partial charge in [-0.15, -0.1) is 0 Å². The number of benzene rings is 5. The zero-order chi connectivity index (χ0) is 60.3. The van der Waals surface area contributed by atoms with Crippen LogP contribution in [0.2, 0.25) is 0 Å². The number of hydrogen-bond acceptors (Lipinski definition) is 12. The van der Waals surface area contributed by atoms with E-state index in [2.05, 4.69) is 98.7 Å². The molecule has 0 amide bonds. The number of carbonyl (C=O) groups is 3. The van der Waals surface area contributed by atoms with Gasteiger partial charge in [0.15, 0.2) is 15.0 Å². The van der Waals surface area contributed by atoms with E-state index in [9.17, 15) is 36.1 Å². The minimum Gasteiger partial charge on any atom is -0.743 e. The van der Waals surface area contributed by atoms with Crippen molar-refractivity contribution in [3.63, 3.8) is 0 Å². The smallest absolute Gasteiger partial charge is 0.428 e. The molecule has 0 spiro atoms. The predicted octanol–water partition coefficient (Wildman–Crippen LogP) is 20.6. The highest BCUT2D eigenvalue weighted by Crippen LogP contribution is 2.35. The summed E-state index contributed by atoms with van der Waals surface area (Å²) in [6.07, 6.45) is 13.5. The Morgan fingerprint density at radius 1 is 0.596 bits per heavy atom. The first-order valence-electron chi connectivity index (χ1n) is 28.7. The lowest BCUT2D eigenvalue weighted by atomic mass is 9.89. The quantitative estimate of drug-likeness (QED) is 0.0247. The number of ether oxygens (including phenoxy) is 4. The number of aromatic hydroxyl groups is 2. The molecule has 0 radical (unpaired) electrons. The number of hydrogen-bond donors (Lipinski definition) is 2. The highest BCUT2D eigenvalue weighted by molar-refractivity contribution is 7.97. The van der Waals surface area contributed by atoms with Gasteiger partial charge in [-0.1, -0.05) is 182 Å². The molecule has 89 heavy (non-hydrogen) atoms. The summed E-state index contributed by atoms with van der Waals surface area (Å²) >= 11 is 0. The van der Waals surface area contributed by atoms with Gasteiger partial charge in [0.1, 0.15) is 48.1 Å². The first-order valence-corrected chi connectivity index (χ1v) is 31.7. The normalized spacial score (nSPS) is 13.4. The second kappa shape index (κ2) is 47.2. The number of halogens is 2. The number of rotatable bonds is 20. The van der Waals surface area contributed by atoms with Crippen molar-refractivity contribution >= 4 is 49.7 Å². The van der Waals surface area contributed by atoms with E-state index in [4.69, 9.17) is 19.7 Å². The maximum Gasteiger partial charge on any atom is 0.428 e. The lowest BCUT2D eigenvalue weighted by molar-refractivity contribution is -0.167. The molecule has 7 rings (SSSR count). The summed E-state index contributed by atoms with van der Waals surface area (Å²) in [5, 5.41) is 15.6. The second-order valence-corrected chi connectivity index (χ2v) is 25.0. The lowest BCUT2D eigenvalue weighted by Crippen LogP contribution is -2.39. The Morgan fingerprint density at radius 3 is 1.51 bits per heavy atom. The topological polar surface area (TPSA) is 186 Å². The van der Waals surface area contributed by atoms with E-state index in [1.54, 1.807) is 49.9 Å². The fourth-order valence-corrected chi connectivity index (χ4v) is 11.0. The van der Waals surface area contributed by atoms with E-state index in [1.165, 1.54) is 83.1 Å². The van der Waals surface area contributed by atoms with Crippen LogP contribution in [0, 0.1) is 11.3 Å². The molecule has 4 unspecified atom stereocenters. The Morgan fingerprint density at radius 2 is 1.06 bits per heavy atom. The summed E-state index contributed by atoms with van der Waals surface area (Å²) in [5.41, 5.74) is 5.84. The van der Waals surface area contributed by atoms with Crippen LogP contribution < -0.4 is 4.74 Å². The molecule has 0 bridgehead atoms. The van der Waals surface area contributed by atoms with Crippen molar-refractivity contribution in [2.75, 3.05) is 31.3 Å². The number of carbonyl (C=O) groups excluding carboxylic acids is 3. The Kier molecular flexibility index (Phi) is 50.1. The van der Waals surface area contributed by atoms with Gasteiger partial charge in [0.05, 0.1) is 17.9 Å². The van der Waals surface area contributed by atoms with Crippen LogP contribution in [0.25, 0.3) is 10.8 Å². The van der Waals surface area contributed by atoms with Gasteiger partial charge in [0.2, 0.25) is 0 Å². The zero-order valence-electron chi connectivity index (χ0n) is 49.7. The van der Waals surface area contributed by atoms with Crippen LogP contribution in [0.15, 0.2) is 108 Å². The molecule has 1 heterocycles. The number of esters is 3. The summed E-state index contributed by atoms with van der Waals surface area (Å²) in [4.78, 5) is 35.5. The number of unbranched alkanes of at least 4 members (excludes halogenated alkanes) is 1. The van der Waals surface area contributed by atoms with Crippen molar-refractivity contribution in [2.24, 2.45) is 11.3 Å². The second-order valence-electron chi connectivity index (χ2n) is 21.3. The van der Waals surface area contributed by atoms with Crippen LogP contribution in [-0.2, 0) is 62.4 Å². The van der Waals surface area contributed by atoms with Crippen LogP contribution in [0.1, 0.15) is 246 Å².